The lowest BCUT2D eigenvalue weighted by Crippen LogP contribution is -2.44. The van der Waals surface area contributed by atoms with Crippen LogP contribution >= 0.6 is 0 Å². The van der Waals surface area contributed by atoms with Crippen molar-refractivity contribution < 1.29 is 4.43 Å². The highest BCUT2D eigenvalue weighted by Crippen LogP contribution is 2.28. The maximum atomic E-state index is 6.09. The van der Waals surface area contributed by atoms with E-state index in [2.05, 4.69) is 47.8 Å². The molecule has 0 aromatic carbocycles. The molecule has 0 bridgehead atoms. The summed E-state index contributed by atoms with van der Waals surface area (Å²) in [5, 5.41) is 0. The van der Waals surface area contributed by atoms with Crippen LogP contribution in [-0.2, 0) is 4.43 Å². The highest BCUT2D eigenvalue weighted by Gasteiger charge is 2.36. The molecule has 0 aromatic heterocycles. The zero-order valence-corrected chi connectivity index (χ0v) is 10.6. The van der Waals surface area contributed by atoms with E-state index < -0.39 is 8.32 Å². The van der Waals surface area contributed by atoms with Gasteiger partial charge in [0.2, 0.25) is 8.32 Å². The maximum Gasteiger partial charge on any atom is 0.243 e. The number of hydrogen-bond donors (Lipinski definition) is 0. The largest absolute Gasteiger partial charge is 0.404 e. The zero-order valence-electron chi connectivity index (χ0n) is 9.55. The SMILES string of the molecule is C=C[Si](C=C)(OC(C)(C)C)C(C)C. The minimum atomic E-state index is -1.93. The predicted molar refractivity (Wildman–Crippen MR) is 62.1 cm³/mol. The predicted octanol–water partition coefficient (Wildman–Crippen LogP) is 3.61. The van der Waals surface area contributed by atoms with E-state index in [0.717, 1.165) is 0 Å². The molecular formula is C11H22OSi. The zero-order chi connectivity index (χ0) is 10.7. The second kappa shape index (κ2) is 4.25. The van der Waals surface area contributed by atoms with Crippen LogP contribution in [0.4, 0.5) is 0 Å². The molecule has 0 saturated heterocycles. The Morgan fingerprint density at radius 2 is 1.54 bits per heavy atom. The van der Waals surface area contributed by atoms with Gasteiger partial charge in [-0.25, -0.2) is 0 Å². The maximum absolute atomic E-state index is 6.09. The van der Waals surface area contributed by atoms with Gasteiger partial charge in [0.05, 0.1) is 0 Å². The highest BCUT2D eigenvalue weighted by atomic mass is 28.4. The van der Waals surface area contributed by atoms with Crippen LogP contribution in [0.1, 0.15) is 34.6 Å². The first-order chi connectivity index (χ1) is 5.77. The molecule has 0 aliphatic rings. The summed E-state index contributed by atoms with van der Waals surface area (Å²) in [6.07, 6.45) is 0. The van der Waals surface area contributed by atoms with Gasteiger partial charge in [-0.15, -0.1) is 13.2 Å². The highest BCUT2D eigenvalue weighted by molar-refractivity contribution is 6.84. The smallest absolute Gasteiger partial charge is 0.243 e. The molecule has 0 aliphatic carbocycles. The Kier molecular flexibility index (Phi) is 4.13. The Balaban J connectivity index is 4.79. The average molecular weight is 198 g/mol. The van der Waals surface area contributed by atoms with Crippen LogP contribution < -0.4 is 0 Å². The summed E-state index contributed by atoms with van der Waals surface area (Å²) < 4.78 is 6.09. The van der Waals surface area contributed by atoms with Gasteiger partial charge in [0.15, 0.2) is 0 Å². The van der Waals surface area contributed by atoms with E-state index in [1.807, 2.05) is 11.4 Å². The minimum absolute atomic E-state index is 0.112. The van der Waals surface area contributed by atoms with Crippen molar-refractivity contribution in [2.45, 2.75) is 45.8 Å². The molecule has 0 atom stereocenters. The monoisotopic (exact) mass is 198 g/mol. The summed E-state index contributed by atoms with van der Waals surface area (Å²) in [7, 11) is -1.93. The van der Waals surface area contributed by atoms with Crippen LogP contribution in [-0.4, -0.2) is 13.9 Å². The second-order valence-corrected chi connectivity index (χ2v) is 8.51. The van der Waals surface area contributed by atoms with Crippen LogP contribution in [0.2, 0.25) is 5.54 Å². The van der Waals surface area contributed by atoms with Gasteiger partial charge in [-0.2, -0.15) is 0 Å². The molecule has 0 heterocycles. The summed E-state index contributed by atoms with van der Waals surface area (Å²) in [5.74, 6) is 0. The van der Waals surface area contributed by atoms with Gasteiger partial charge >= 0.3 is 0 Å². The quantitative estimate of drug-likeness (QED) is 0.627. The van der Waals surface area contributed by atoms with E-state index in [4.69, 9.17) is 4.43 Å². The number of rotatable bonds is 4. The van der Waals surface area contributed by atoms with E-state index in [1.165, 1.54) is 0 Å². The van der Waals surface area contributed by atoms with Crippen LogP contribution in [0.15, 0.2) is 24.6 Å². The lowest BCUT2D eigenvalue weighted by Gasteiger charge is -2.36. The molecule has 1 nitrogen and oxygen atoms in total. The third kappa shape index (κ3) is 3.49. The fourth-order valence-electron chi connectivity index (χ4n) is 1.29. The molecule has 0 aliphatic heterocycles. The van der Waals surface area contributed by atoms with Gasteiger partial charge in [-0.3, -0.25) is 0 Å². The van der Waals surface area contributed by atoms with Gasteiger partial charge in [-0.05, 0) is 26.3 Å². The first-order valence-corrected chi connectivity index (χ1v) is 6.89. The van der Waals surface area contributed by atoms with E-state index >= 15 is 0 Å². The molecule has 0 saturated carbocycles. The minimum Gasteiger partial charge on any atom is -0.404 e. The third-order valence-corrected chi connectivity index (χ3v) is 6.07. The molecule has 0 amide bonds. The van der Waals surface area contributed by atoms with E-state index in [9.17, 15) is 0 Å². The van der Waals surface area contributed by atoms with Crippen molar-refractivity contribution in [1.82, 2.24) is 0 Å². The Labute approximate surface area is 83.6 Å². The molecule has 2 heteroatoms. The van der Waals surface area contributed by atoms with Gasteiger partial charge in [0.1, 0.15) is 0 Å². The van der Waals surface area contributed by atoms with Gasteiger partial charge in [-0.1, -0.05) is 25.2 Å². The molecule has 0 spiro atoms. The molecule has 0 unspecified atom stereocenters. The third-order valence-electron chi connectivity index (χ3n) is 2.02. The van der Waals surface area contributed by atoms with Crippen LogP contribution in [0.5, 0.6) is 0 Å². The Hall–Kier alpha value is -0.343. The Morgan fingerprint density at radius 3 is 1.62 bits per heavy atom. The van der Waals surface area contributed by atoms with Crippen molar-refractivity contribution in [1.29, 1.82) is 0 Å². The fourth-order valence-corrected chi connectivity index (χ4v) is 3.86. The van der Waals surface area contributed by atoms with Crippen LogP contribution in [0, 0.1) is 0 Å². The number of hydrogen-bond acceptors (Lipinski definition) is 1. The van der Waals surface area contributed by atoms with E-state index in [0.29, 0.717) is 5.54 Å². The van der Waals surface area contributed by atoms with Crippen molar-refractivity contribution in [3.63, 3.8) is 0 Å². The molecule has 76 valence electrons. The normalized spacial score (nSPS) is 13.1. The standard InChI is InChI=1S/C11H22OSi/c1-8-13(9-2,10(3)4)12-11(5,6)7/h8-10H,1-2H2,3-7H3. The Bertz CT molecular complexity index is 181. The lowest BCUT2D eigenvalue weighted by atomic mass is 10.2. The van der Waals surface area contributed by atoms with Gasteiger partial charge in [0.25, 0.3) is 0 Å². The van der Waals surface area contributed by atoms with Crippen molar-refractivity contribution in [3.05, 3.63) is 24.6 Å². The topological polar surface area (TPSA) is 9.23 Å². The van der Waals surface area contributed by atoms with Crippen molar-refractivity contribution in [2.75, 3.05) is 0 Å². The van der Waals surface area contributed by atoms with Crippen molar-refractivity contribution in [3.8, 4) is 0 Å². The average Bonchev–Trinajstić information content (AvgIpc) is 1.98. The first kappa shape index (κ1) is 12.7. The fraction of sp³-hybridized carbons (Fsp3) is 0.636. The molecule has 0 radical (unpaired) electrons. The second-order valence-electron chi connectivity index (χ2n) is 4.63. The molecule has 0 rings (SSSR count). The molecular weight excluding hydrogens is 176 g/mol. The lowest BCUT2D eigenvalue weighted by molar-refractivity contribution is 0.122. The molecule has 0 fully saturated rings. The summed E-state index contributed by atoms with van der Waals surface area (Å²) in [6.45, 7) is 18.3. The van der Waals surface area contributed by atoms with Gasteiger partial charge < -0.3 is 4.43 Å². The first-order valence-electron chi connectivity index (χ1n) is 4.75. The Morgan fingerprint density at radius 1 is 1.15 bits per heavy atom. The van der Waals surface area contributed by atoms with E-state index in [-0.39, 0.29) is 5.60 Å². The van der Waals surface area contributed by atoms with E-state index in [1.54, 1.807) is 0 Å². The molecule has 0 aromatic rings. The van der Waals surface area contributed by atoms with Crippen LogP contribution in [0.25, 0.3) is 0 Å². The van der Waals surface area contributed by atoms with Crippen molar-refractivity contribution in [2.24, 2.45) is 0 Å². The summed E-state index contributed by atoms with van der Waals surface area (Å²) in [4.78, 5) is 0. The van der Waals surface area contributed by atoms with Gasteiger partial charge in [0, 0.05) is 5.60 Å². The van der Waals surface area contributed by atoms with Crippen LogP contribution in [0.3, 0.4) is 0 Å². The molecule has 0 N–H and O–H groups in total. The summed E-state index contributed by atoms with van der Waals surface area (Å²) in [5.41, 5.74) is 4.31. The summed E-state index contributed by atoms with van der Waals surface area (Å²) >= 11 is 0. The van der Waals surface area contributed by atoms with Crippen molar-refractivity contribution >= 4 is 8.32 Å². The molecule has 13 heavy (non-hydrogen) atoms. The summed E-state index contributed by atoms with van der Waals surface area (Å²) in [6, 6.07) is 0.